The second kappa shape index (κ2) is 12.7. The molecule has 196 valence electrons. The fraction of sp³-hybridized carbons (Fsp3) is 0.481. The van der Waals surface area contributed by atoms with E-state index in [1.54, 1.807) is 19.1 Å². The molecule has 1 aliphatic carbocycles. The smallest absolute Gasteiger partial charge is 0.244 e. The predicted octanol–water partition coefficient (Wildman–Crippen LogP) is 4.64. The fourth-order valence-corrected chi connectivity index (χ4v) is 5.79. The molecule has 1 aliphatic rings. The van der Waals surface area contributed by atoms with Gasteiger partial charge in [-0.15, -0.1) is 0 Å². The number of rotatable bonds is 10. The summed E-state index contributed by atoms with van der Waals surface area (Å²) in [4.78, 5) is 28.3. The molecule has 0 spiro atoms. The first-order chi connectivity index (χ1) is 17.1. The van der Waals surface area contributed by atoms with Crippen LogP contribution < -0.4 is 9.62 Å². The highest BCUT2D eigenvalue weighted by Gasteiger charge is 2.31. The van der Waals surface area contributed by atoms with Crippen LogP contribution in [0.3, 0.4) is 0 Å². The van der Waals surface area contributed by atoms with E-state index < -0.39 is 22.0 Å². The molecule has 9 heteroatoms. The molecule has 1 saturated carbocycles. The summed E-state index contributed by atoms with van der Waals surface area (Å²) in [6.45, 7) is 3.52. The van der Waals surface area contributed by atoms with Crippen LogP contribution in [0.25, 0.3) is 0 Å². The van der Waals surface area contributed by atoms with Gasteiger partial charge in [0.05, 0.1) is 11.9 Å². The van der Waals surface area contributed by atoms with E-state index in [-0.39, 0.29) is 25.0 Å². The van der Waals surface area contributed by atoms with Gasteiger partial charge in [0.2, 0.25) is 21.8 Å². The highest BCUT2D eigenvalue weighted by molar-refractivity contribution is 9.10. The number of halogens is 1. The number of sulfonamides is 1. The summed E-state index contributed by atoms with van der Waals surface area (Å²) in [6.07, 6.45) is 7.13. The number of hydrogen-bond acceptors (Lipinski definition) is 4. The van der Waals surface area contributed by atoms with Gasteiger partial charge in [-0.25, -0.2) is 8.42 Å². The zero-order valence-electron chi connectivity index (χ0n) is 21.2. The zero-order valence-corrected chi connectivity index (χ0v) is 23.6. The Morgan fingerprint density at radius 1 is 1.06 bits per heavy atom. The largest absolute Gasteiger partial charge is 0.352 e. The van der Waals surface area contributed by atoms with Gasteiger partial charge in [-0.2, -0.15) is 0 Å². The molecule has 0 bridgehead atoms. The van der Waals surface area contributed by atoms with E-state index in [4.69, 9.17) is 0 Å². The van der Waals surface area contributed by atoms with E-state index in [0.29, 0.717) is 5.69 Å². The van der Waals surface area contributed by atoms with Crippen molar-refractivity contribution < 1.29 is 18.0 Å². The Morgan fingerprint density at radius 3 is 2.31 bits per heavy atom. The minimum absolute atomic E-state index is 0.112. The Labute approximate surface area is 223 Å². The Balaban J connectivity index is 1.86. The fourth-order valence-electron chi connectivity index (χ4n) is 4.49. The summed E-state index contributed by atoms with van der Waals surface area (Å²) in [5, 5.41) is 3.11. The van der Waals surface area contributed by atoms with Gasteiger partial charge in [-0.1, -0.05) is 66.4 Å². The lowest BCUT2D eigenvalue weighted by molar-refractivity contribution is -0.139. The molecular weight excluding hydrogens is 542 g/mol. The Bertz CT molecular complexity index is 1150. The molecule has 36 heavy (non-hydrogen) atoms. The van der Waals surface area contributed by atoms with E-state index in [1.165, 1.54) is 11.3 Å². The monoisotopic (exact) mass is 577 g/mol. The van der Waals surface area contributed by atoms with Gasteiger partial charge in [0.15, 0.2) is 0 Å². The average molecular weight is 579 g/mol. The molecule has 1 fully saturated rings. The lowest BCUT2D eigenvalue weighted by Gasteiger charge is -2.33. The van der Waals surface area contributed by atoms with E-state index in [0.717, 1.165) is 58.3 Å². The number of amides is 2. The number of carbonyl (C=O) groups excluding carboxylic acids is 2. The van der Waals surface area contributed by atoms with Crippen LogP contribution in [0.15, 0.2) is 53.0 Å². The van der Waals surface area contributed by atoms with Gasteiger partial charge < -0.3 is 10.2 Å². The first kappa shape index (κ1) is 28.2. The van der Waals surface area contributed by atoms with E-state index in [9.17, 15) is 18.0 Å². The Kier molecular flexibility index (Phi) is 9.96. The highest BCUT2D eigenvalue weighted by Crippen LogP contribution is 2.22. The lowest BCUT2D eigenvalue weighted by atomic mass is 9.95. The van der Waals surface area contributed by atoms with Crippen LogP contribution in [-0.4, -0.2) is 50.0 Å². The molecule has 3 rings (SSSR count). The second-order valence-electron chi connectivity index (χ2n) is 9.46. The van der Waals surface area contributed by atoms with Gasteiger partial charge in [-0.3, -0.25) is 13.9 Å². The molecule has 0 aromatic heterocycles. The quantitative estimate of drug-likeness (QED) is 0.445. The third kappa shape index (κ3) is 7.80. The molecule has 0 heterocycles. The number of hydrogen-bond donors (Lipinski definition) is 1. The van der Waals surface area contributed by atoms with Crippen LogP contribution in [0.1, 0.15) is 57.1 Å². The molecular formula is C27H36BrN3O4S. The van der Waals surface area contributed by atoms with Crippen molar-refractivity contribution in [2.24, 2.45) is 0 Å². The maximum atomic E-state index is 13.7. The van der Waals surface area contributed by atoms with Crippen LogP contribution in [-0.2, 0) is 32.6 Å². The molecule has 2 amide bonds. The molecule has 0 radical (unpaired) electrons. The summed E-state index contributed by atoms with van der Waals surface area (Å²) in [5.74, 6) is -0.658. The Hall–Kier alpha value is -2.39. The van der Waals surface area contributed by atoms with Crippen LogP contribution in [0, 0.1) is 0 Å². The van der Waals surface area contributed by atoms with E-state index in [2.05, 4.69) is 21.2 Å². The van der Waals surface area contributed by atoms with Gasteiger partial charge in [0, 0.05) is 17.1 Å². The van der Waals surface area contributed by atoms with Crippen LogP contribution in [0.2, 0.25) is 0 Å². The number of aryl methyl sites for hydroxylation is 1. The van der Waals surface area contributed by atoms with Crippen LogP contribution in [0.4, 0.5) is 5.69 Å². The van der Waals surface area contributed by atoms with Gasteiger partial charge in [0.1, 0.15) is 12.6 Å². The topological polar surface area (TPSA) is 86.8 Å². The number of carbonyl (C=O) groups is 2. The highest BCUT2D eigenvalue weighted by atomic mass is 79.9. The molecule has 0 saturated heterocycles. The molecule has 7 nitrogen and oxygen atoms in total. The van der Waals surface area contributed by atoms with Crippen molar-refractivity contribution in [3.05, 3.63) is 64.1 Å². The number of anilines is 1. The summed E-state index contributed by atoms with van der Waals surface area (Å²) in [5.41, 5.74) is 2.33. The van der Waals surface area contributed by atoms with Crippen molar-refractivity contribution >= 4 is 43.5 Å². The van der Waals surface area contributed by atoms with Gasteiger partial charge in [-0.05, 0) is 61.6 Å². The summed E-state index contributed by atoms with van der Waals surface area (Å²) >= 11 is 3.46. The summed E-state index contributed by atoms with van der Waals surface area (Å²) in [7, 11) is -3.74. The van der Waals surface area contributed by atoms with Crippen molar-refractivity contribution in [2.45, 2.75) is 71.0 Å². The van der Waals surface area contributed by atoms with Crippen molar-refractivity contribution in [3.63, 3.8) is 0 Å². The van der Waals surface area contributed by atoms with Crippen LogP contribution >= 0.6 is 15.9 Å². The predicted molar refractivity (Wildman–Crippen MR) is 147 cm³/mol. The molecule has 2 aromatic carbocycles. The molecule has 0 aliphatic heterocycles. The SMILES string of the molecule is CCc1ccc(N(CC(=O)N(Cc2cccc(Br)c2)[C@H](C)C(=O)NC2CCCCC2)S(C)(=O)=O)cc1. The second-order valence-corrected chi connectivity index (χ2v) is 12.3. The maximum absolute atomic E-state index is 13.7. The van der Waals surface area contributed by atoms with Crippen molar-refractivity contribution in [3.8, 4) is 0 Å². The number of nitrogens with one attached hydrogen (secondary N) is 1. The van der Waals surface area contributed by atoms with Gasteiger partial charge >= 0.3 is 0 Å². The number of nitrogens with zero attached hydrogens (tertiary/aromatic N) is 2. The normalized spacial score (nSPS) is 15.2. The molecule has 2 aromatic rings. The third-order valence-electron chi connectivity index (χ3n) is 6.67. The van der Waals surface area contributed by atoms with Gasteiger partial charge in [0.25, 0.3) is 0 Å². The van der Waals surface area contributed by atoms with Crippen molar-refractivity contribution in [2.75, 3.05) is 17.1 Å². The molecule has 0 unspecified atom stereocenters. The summed E-state index contributed by atoms with van der Waals surface area (Å²) < 4.78 is 27.3. The van der Waals surface area contributed by atoms with Crippen molar-refractivity contribution in [1.29, 1.82) is 0 Å². The minimum Gasteiger partial charge on any atom is -0.352 e. The van der Waals surface area contributed by atoms with E-state index >= 15 is 0 Å². The zero-order chi connectivity index (χ0) is 26.3. The standard InChI is InChI=1S/C27H36BrN3O4S/c1-4-21-13-15-25(16-14-21)31(36(3,34)35)19-26(32)30(18-22-9-8-10-23(28)17-22)20(2)27(33)29-24-11-6-5-7-12-24/h8-10,13-17,20,24H,4-7,11-12,18-19H2,1-3H3,(H,29,33)/t20-/m1/s1. The Morgan fingerprint density at radius 2 is 1.72 bits per heavy atom. The first-order valence-electron chi connectivity index (χ1n) is 12.5. The van der Waals surface area contributed by atoms with Crippen LogP contribution in [0.5, 0.6) is 0 Å². The van der Waals surface area contributed by atoms with E-state index in [1.807, 2.05) is 43.3 Å². The first-order valence-corrected chi connectivity index (χ1v) is 15.1. The third-order valence-corrected chi connectivity index (χ3v) is 8.31. The number of benzene rings is 2. The van der Waals surface area contributed by atoms with Crippen molar-refractivity contribution in [1.82, 2.24) is 10.2 Å². The maximum Gasteiger partial charge on any atom is 0.244 e. The summed E-state index contributed by atoms with van der Waals surface area (Å²) in [6, 6.07) is 14.0. The molecule has 1 atom stereocenters. The lowest BCUT2D eigenvalue weighted by Crippen LogP contribution is -2.52. The minimum atomic E-state index is -3.74. The average Bonchev–Trinajstić information content (AvgIpc) is 2.85. The molecule has 1 N–H and O–H groups in total.